The Balaban J connectivity index is 2.18. The number of anilines is 1. The number of amides is 2. The van der Waals surface area contributed by atoms with Gasteiger partial charge in [-0.2, -0.15) is 0 Å². The molecule has 0 bridgehead atoms. The fourth-order valence-corrected chi connectivity index (χ4v) is 2.73. The van der Waals surface area contributed by atoms with E-state index in [1.54, 1.807) is 37.3 Å². The average Bonchev–Trinajstić information content (AvgIpc) is 2.79. The van der Waals surface area contributed by atoms with Crippen molar-refractivity contribution in [2.24, 2.45) is 0 Å². The Morgan fingerprint density at radius 3 is 2.52 bits per heavy atom. The maximum Gasteiger partial charge on any atom is 0.412 e. The Kier molecular flexibility index (Phi) is 10.00. The van der Waals surface area contributed by atoms with Crippen LogP contribution >= 0.6 is 0 Å². The topological polar surface area (TPSA) is 117 Å². The molecule has 0 fully saturated rings. The summed E-state index contributed by atoms with van der Waals surface area (Å²) in [6, 6.07) is 9.35. The first-order valence-electron chi connectivity index (χ1n) is 9.86. The summed E-state index contributed by atoms with van der Waals surface area (Å²) in [7, 11) is 0. The molecule has 0 aromatic heterocycles. The van der Waals surface area contributed by atoms with Gasteiger partial charge in [-0.05, 0) is 36.8 Å². The van der Waals surface area contributed by atoms with Gasteiger partial charge in [0.1, 0.15) is 30.1 Å². The molecule has 0 unspecified atom stereocenters. The smallest absolute Gasteiger partial charge is 0.412 e. The number of hydrogen-bond donors (Lipinski definition) is 4. The van der Waals surface area contributed by atoms with Crippen molar-refractivity contribution in [3.05, 3.63) is 83.5 Å². The highest BCUT2D eigenvalue weighted by Crippen LogP contribution is 2.28. The molecular formula is C23H24F2N2O6. The highest BCUT2D eigenvalue weighted by atomic mass is 19.1. The fraction of sp³-hybridized carbons (Fsp3) is 0.217. The molecule has 8 nitrogen and oxygen atoms in total. The maximum atomic E-state index is 13.9. The zero-order valence-electron chi connectivity index (χ0n) is 17.8. The third-order valence-electron chi connectivity index (χ3n) is 4.27. The van der Waals surface area contributed by atoms with Crippen LogP contribution in [0.1, 0.15) is 25.0 Å². The van der Waals surface area contributed by atoms with Crippen molar-refractivity contribution in [2.75, 3.05) is 18.5 Å². The first-order chi connectivity index (χ1) is 15.8. The van der Waals surface area contributed by atoms with Gasteiger partial charge < -0.3 is 14.6 Å². The lowest BCUT2D eigenvalue weighted by molar-refractivity contribution is -0.124. The van der Waals surface area contributed by atoms with E-state index in [4.69, 9.17) is 19.8 Å². The van der Waals surface area contributed by atoms with Gasteiger partial charge in [-0.1, -0.05) is 29.9 Å². The van der Waals surface area contributed by atoms with Crippen molar-refractivity contribution in [1.29, 1.82) is 0 Å². The van der Waals surface area contributed by atoms with Crippen LogP contribution in [0.3, 0.4) is 0 Å². The fourth-order valence-electron chi connectivity index (χ4n) is 2.73. The van der Waals surface area contributed by atoms with Crippen molar-refractivity contribution >= 4 is 17.7 Å². The van der Waals surface area contributed by atoms with Crippen molar-refractivity contribution in [3.8, 4) is 5.75 Å². The number of halogens is 2. The lowest BCUT2D eigenvalue weighted by Crippen LogP contribution is -2.18. The van der Waals surface area contributed by atoms with Gasteiger partial charge in [-0.25, -0.2) is 19.1 Å². The van der Waals surface area contributed by atoms with Gasteiger partial charge in [-0.15, -0.1) is 0 Å². The number of aliphatic hydroxyl groups is 1. The van der Waals surface area contributed by atoms with Crippen LogP contribution in [0, 0.1) is 11.6 Å². The van der Waals surface area contributed by atoms with Crippen molar-refractivity contribution in [1.82, 2.24) is 5.48 Å². The van der Waals surface area contributed by atoms with Gasteiger partial charge in [0.2, 0.25) is 0 Å². The van der Waals surface area contributed by atoms with E-state index in [-0.39, 0.29) is 25.3 Å². The van der Waals surface area contributed by atoms with Crippen LogP contribution in [0.5, 0.6) is 5.75 Å². The number of hydrogen-bond acceptors (Lipinski definition) is 6. The van der Waals surface area contributed by atoms with E-state index >= 15 is 0 Å². The van der Waals surface area contributed by atoms with E-state index < -0.39 is 29.7 Å². The van der Waals surface area contributed by atoms with Crippen LogP contribution < -0.4 is 15.5 Å². The van der Waals surface area contributed by atoms with Gasteiger partial charge in [0.15, 0.2) is 0 Å². The summed E-state index contributed by atoms with van der Waals surface area (Å²) in [5, 5.41) is 19.6. The molecular weight excluding hydrogens is 438 g/mol. The molecule has 10 heteroatoms. The number of carbonyl (C=O) groups is 2. The predicted molar refractivity (Wildman–Crippen MR) is 116 cm³/mol. The molecule has 0 aliphatic heterocycles. The third-order valence-corrected chi connectivity index (χ3v) is 4.27. The number of rotatable bonds is 10. The third kappa shape index (κ3) is 8.71. The highest BCUT2D eigenvalue weighted by Gasteiger charge is 2.19. The summed E-state index contributed by atoms with van der Waals surface area (Å²) in [5.74, 6) is -1.92. The maximum absolute atomic E-state index is 13.9. The molecule has 0 saturated carbocycles. The lowest BCUT2D eigenvalue weighted by atomic mass is 10.0. The summed E-state index contributed by atoms with van der Waals surface area (Å²) in [6.45, 7) is 1.73. The second-order valence-electron chi connectivity index (χ2n) is 6.84. The second kappa shape index (κ2) is 12.9. The Hall–Kier alpha value is -3.76. The van der Waals surface area contributed by atoms with E-state index in [2.05, 4.69) is 5.32 Å². The minimum atomic E-state index is -0.950. The van der Waals surface area contributed by atoms with Crippen molar-refractivity contribution in [2.45, 2.75) is 19.4 Å². The predicted octanol–water partition coefficient (Wildman–Crippen LogP) is 4.02. The summed E-state index contributed by atoms with van der Waals surface area (Å²) < 4.78 is 37.7. The number of nitrogens with one attached hydrogen (secondary N) is 2. The van der Waals surface area contributed by atoms with Gasteiger partial charge >= 0.3 is 6.09 Å². The zero-order chi connectivity index (χ0) is 24.2. The van der Waals surface area contributed by atoms with E-state index in [0.29, 0.717) is 17.4 Å². The van der Waals surface area contributed by atoms with E-state index in [1.165, 1.54) is 11.6 Å². The molecule has 0 aliphatic rings. The molecule has 2 rings (SSSR count). The average molecular weight is 462 g/mol. The van der Waals surface area contributed by atoms with Crippen LogP contribution in [-0.4, -0.2) is 35.5 Å². The molecule has 4 N–H and O–H groups in total. The number of carbonyl (C=O) groups excluding carboxylic acids is 2. The molecule has 0 radical (unpaired) electrons. The van der Waals surface area contributed by atoms with Gasteiger partial charge in [0.25, 0.3) is 5.91 Å². The Morgan fingerprint density at radius 2 is 1.88 bits per heavy atom. The molecule has 0 aliphatic carbocycles. The standard InChI is InChI=1S/C23H24F2N2O6/c1-15(3-2-4-22(29)27-31)13-21(16-5-8-18(9-6-16)32-12-11-28)33-23(30)26-20-10-7-17(24)14-19(20)25/h2-10,14,21,28,31H,11-13H2,1H3,(H,26,30)(H,27,29)/b4-2+,15-3+/t21-/m0/s1. The SMILES string of the molecule is C/C(=C\C=C\C(=O)NO)C[C@H](OC(=O)Nc1ccc(F)cc1F)c1ccc(OCCO)cc1. The molecule has 0 spiro atoms. The summed E-state index contributed by atoms with van der Waals surface area (Å²) in [6.07, 6.45) is 2.60. The first kappa shape index (κ1) is 25.5. The van der Waals surface area contributed by atoms with Gasteiger partial charge in [-0.3, -0.25) is 15.3 Å². The van der Waals surface area contributed by atoms with Gasteiger partial charge in [0, 0.05) is 18.6 Å². The Labute approximate surface area is 189 Å². The van der Waals surface area contributed by atoms with Crippen LogP contribution in [0.15, 0.2) is 66.3 Å². The molecule has 1 atom stereocenters. The second-order valence-corrected chi connectivity index (χ2v) is 6.84. The van der Waals surface area contributed by atoms with E-state index in [0.717, 1.165) is 23.8 Å². The van der Waals surface area contributed by atoms with Crippen LogP contribution in [0.2, 0.25) is 0 Å². The summed E-state index contributed by atoms with van der Waals surface area (Å²) in [5.41, 5.74) is 2.56. The van der Waals surface area contributed by atoms with Gasteiger partial charge in [0.05, 0.1) is 12.3 Å². The molecule has 176 valence electrons. The number of ether oxygens (including phenoxy) is 2. The minimum absolute atomic E-state index is 0.126. The number of hydroxylamine groups is 1. The normalized spacial score (nSPS) is 12.3. The van der Waals surface area contributed by atoms with Crippen LogP contribution in [0.4, 0.5) is 19.3 Å². The van der Waals surface area contributed by atoms with E-state index in [9.17, 15) is 18.4 Å². The number of allylic oxidation sites excluding steroid dienone is 2. The Bertz CT molecular complexity index is 1010. The molecule has 2 aromatic carbocycles. The highest BCUT2D eigenvalue weighted by molar-refractivity contribution is 5.86. The molecule has 33 heavy (non-hydrogen) atoms. The lowest BCUT2D eigenvalue weighted by Gasteiger charge is -2.20. The van der Waals surface area contributed by atoms with E-state index in [1.807, 2.05) is 0 Å². The van der Waals surface area contributed by atoms with Crippen LogP contribution in [-0.2, 0) is 9.53 Å². The first-order valence-corrected chi connectivity index (χ1v) is 9.86. The van der Waals surface area contributed by atoms with Crippen molar-refractivity contribution < 1.29 is 38.2 Å². The number of aliphatic hydroxyl groups excluding tert-OH is 1. The molecule has 0 heterocycles. The summed E-state index contributed by atoms with van der Waals surface area (Å²) >= 11 is 0. The Morgan fingerprint density at radius 1 is 1.15 bits per heavy atom. The largest absolute Gasteiger partial charge is 0.491 e. The zero-order valence-corrected chi connectivity index (χ0v) is 17.8. The monoisotopic (exact) mass is 462 g/mol. The minimum Gasteiger partial charge on any atom is -0.491 e. The summed E-state index contributed by atoms with van der Waals surface area (Å²) in [4.78, 5) is 23.5. The molecule has 2 aromatic rings. The number of benzene rings is 2. The molecule has 0 saturated heterocycles. The molecule has 2 amide bonds. The quantitative estimate of drug-likeness (QED) is 0.183. The van der Waals surface area contributed by atoms with Crippen molar-refractivity contribution in [3.63, 3.8) is 0 Å². The van der Waals surface area contributed by atoms with Crippen LogP contribution in [0.25, 0.3) is 0 Å².